The van der Waals surface area contributed by atoms with Crippen LogP contribution in [0.15, 0.2) is 53.4 Å². The van der Waals surface area contributed by atoms with E-state index in [1.807, 2.05) is 0 Å². The second kappa shape index (κ2) is 4.89. The number of halogens is 1. The van der Waals surface area contributed by atoms with Gasteiger partial charge in [-0.3, -0.25) is 4.31 Å². The molecule has 0 aliphatic carbocycles. The summed E-state index contributed by atoms with van der Waals surface area (Å²) in [4.78, 5) is -0.113. The highest BCUT2D eigenvalue weighted by atomic mass is 32.2. The molecule has 2 N–H and O–H groups in total. The van der Waals surface area contributed by atoms with Crippen LogP contribution in [0.5, 0.6) is 0 Å². The molecular formula is C13H13FN2O2S. The van der Waals surface area contributed by atoms with E-state index in [-0.39, 0.29) is 4.90 Å². The summed E-state index contributed by atoms with van der Waals surface area (Å²) >= 11 is 0. The highest BCUT2D eigenvalue weighted by molar-refractivity contribution is 7.92. The lowest BCUT2D eigenvalue weighted by Crippen LogP contribution is -2.27. The minimum absolute atomic E-state index is 0.113. The van der Waals surface area contributed by atoms with Gasteiger partial charge in [0.2, 0.25) is 0 Å². The lowest BCUT2D eigenvalue weighted by molar-refractivity contribution is 0.589. The minimum Gasteiger partial charge on any atom is -0.397 e. The van der Waals surface area contributed by atoms with Crippen LogP contribution >= 0.6 is 0 Å². The lowest BCUT2D eigenvalue weighted by Gasteiger charge is -2.20. The van der Waals surface area contributed by atoms with Gasteiger partial charge in [0, 0.05) is 7.05 Å². The summed E-state index contributed by atoms with van der Waals surface area (Å²) < 4.78 is 38.9. The Morgan fingerprint density at radius 1 is 1.11 bits per heavy atom. The predicted octanol–water partition coefficient (Wildman–Crippen LogP) is 2.23. The first-order valence-corrected chi connectivity index (χ1v) is 6.96. The summed E-state index contributed by atoms with van der Waals surface area (Å²) in [6, 6.07) is 11.4. The second-order valence-corrected chi connectivity index (χ2v) is 5.96. The van der Waals surface area contributed by atoms with Gasteiger partial charge in [0.1, 0.15) is 5.82 Å². The van der Waals surface area contributed by atoms with E-state index in [0.717, 1.165) is 10.4 Å². The standard InChI is InChI=1S/C13H13FN2O2S/c1-16(13-8-3-2-7-12(13)15)19(17,18)11-6-4-5-10(14)9-11/h2-9H,15H2,1H3. The van der Waals surface area contributed by atoms with Gasteiger partial charge in [-0.05, 0) is 30.3 Å². The molecule has 2 aromatic rings. The smallest absolute Gasteiger partial charge is 0.264 e. The molecule has 0 unspecified atom stereocenters. The average Bonchev–Trinajstić information content (AvgIpc) is 2.38. The molecule has 0 amide bonds. The number of anilines is 2. The molecule has 0 aromatic heterocycles. The first-order chi connectivity index (χ1) is 8.93. The van der Waals surface area contributed by atoms with Crippen molar-refractivity contribution >= 4 is 21.4 Å². The van der Waals surface area contributed by atoms with Crippen molar-refractivity contribution < 1.29 is 12.8 Å². The molecule has 2 aromatic carbocycles. The van der Waals surface area contributed by atoms with E-state index in [2.05, 4.69) is 0 Å². The van der Waals surface area contributed by atoms with Crippen molar-refractivity contribution in [2.75, 3.05) is 17.1 Å². The van der Waals surface area contributed by atoms with E-state index < -0.39 is 15.8 Å². The zero-order valence-electron chi connectivity index (χ0n) is 10.2. The van der Waals surface area contributed by atoms with Crippen molar-refractivity contribution in [1.29, 1.82) is 0 Å². The van der Waals surface area contributed by atoms with Crippen molar-refractivity contribution in [2.45, 2.75) is 4.90 Å². The third-order valence-electron chi connectivity index (χ3n) is 2.73. The maximum Gasteiger partial charge on any atom is 0.264 e. The normalized spacial score (nSPS) is 11.3. The molecule has 0 atom stereocenters. The first kappa shape index (κ1) is 13.4. The van der Waals surface area contributed by atoms with Gasteiger partial charge in [0.25, 0.3) is 10.0 Å². The van der Waals surface area contributed by atoms with E-state index in [1.54, 1.807) is 24.3 Å². The van der Waals surface area contributed by atoms with Crippen LogP contribution in [0.3, 0.4) is 0 Å². The molecule has 0 spiro atoms. The maximum atomic E-state index is 13.1. The Morgan fingerprint density at radius 3 is 2.42 bits per heavy atom. The SMILES string of the molecule is CN(c1ccccc1N)S(=O)(=O)c1cccc(F)c1. The van der Waals surface area contributed by atoms with E-state index in [1.165, 1.54) is 25.2 Å². The van der Waals surface area contributed by atoms with Crippen LogP contribution in [-0.2, 0) is 10.0 Å². The number of hydrogen-bond donors (Lipinski definition) is 1. The quantitative estimate of drug-likeness (QED) is 0.877. The van der Waals surface area contributed by atoms with Crippen LogP contribution in [0.1, 0.15) is 0 Å². The molecule has 0 bridgehead atoms. The molecule has 0 heterocycles. The van der Waals surface area contributed by atoms with E-state index in [0.29, 0.717) is 11.4 Å². The first-order valence-electron chi connectivity index (χ1n) is 5.52. The number of nitrogens with zero attached hydrogens (tertiary/aromatic N) is 1. The summed E-state index contributed by atoms with van der Waals surface area (Å²) in [6.45, 7) is 0. The van der Waals surface area contributed by atoms with Gasteiger partial charge >= 0.3 is 0 Å². The fourth-order valence-corrected chi connectivity index (χ4v) is 2.94. The number of benzene rings is 2. The average molecular weight is 280 g/mol. The lowest BCUT2D eigenvalue weighted by atomic mass is 10.3. The molecule has 100 valence electrons. The van der Waals surface area contributed by atoms with Gasteiger partial charge in [0.15, 0.2) is 0 Å². The van der Waals surface area contributed by atoms with E-state index in [4.69, 9.17) is 5.73 Å². The molecule has 0 radical (unpaired) electrons. The van der Waals surface area contributed by atoms with Gasteiger partial charge in [-0.1, -0.05) is 18.2 Å². The molecule has 0 aliphatic rings. The Kier molecular flexibility index (Phi) is 3.44. The van der Waals surface area contributed by atoms with Gasteiger partial charge in [0.05, 0.1) is 16.3 Å². The fourth-order valence-electron chi connectivity index (χ4n) is 1.69. The third-order valence-corrected chi connectivity index (χ3v) is 4.50. The number of nitrogens with two attached hydrogens (primary N) is 1. The van der Waals surface area contributed by atoms with Crippen LogP contribution in [0.4, 0.5) is 15.8 Å². The predicted molar refractivity (Wildman–Crippen MR) is 72.8 cm³/mol. The molecule has 4 nitrogen and oxygen atoms in total. The molecule has 0 saturated heterocycles. The topological polar surface area (TPSA) is 63.4 Å². The zero-order valence-corrected chi connectivity index (χ0v) is 11.1. The summed E-state index contributed by atoms with van der Waals surface area (Å²) in [7, 11) is -2.44. The van der Waals surface area contributed by atoms with E-state index in [9.17, 15) is 12.8 Å². The Hall–Kier alpha value is -2.08. The van der Waals surface area contributed by atoms with Gasteiger partial charge in [-0.15, -0.1) is 0 Å². The molecule has 0 fully saturated rings. The molecule has 19 heavy (non-hydrogen) atoms. The molecule has 0 saturated carbocycles. The highest BCUT2D eigenvalue weighted by Gasteiger charge is 2.22. The van der Waals surface area contributed by atoms with Crippen molar-refractivity contribution in [3.8, 4) is 0 Å². The van der Waals surface area contributed by atoms with Crippen molar-refractivity contribution in [3.05, 3.63) is 54.3 Å². The van der Waals surface area contributed by atoms with Crippen LogP contribution < -0.4 is 10.0 Å². The third kappa shape index (κ3) is 2.53. The van der Waals surface area contributed by atoms with Crippen molar-refractivity contribution in [2.24, 2.45) is 0 Å². The van der Waals surface area contributed by atoms with Crippen LogP contribution in [0.25, 0.3) is 0 Å². The molecule has 0 aliphatic heterocycles. The summed E-state index contributed by atoms with van der Waals surface area (Å²) in [5.74, 6) is -0.601. The Balaban J connectivity index is 2.49. The summed E-state index contributed by atoms with van der Waals surface area (Å²) in [5.41, 5.74) is 6.44. The maximum absolute atomic E-state index is 13.1. The number of rotatable bonds is 3. The van der Waals surface area contributed by atoms with Crippen LogP contribution in [0, 0.1) is 5.82 Å². The van der Waals surface area contributed by atoms with Gasteiger partial charge < -0.3 is 5.73 Å². The Labute approximate surface area is 111 Å². The summed E-state index contributed by atoms with van der Waals surface area (Å²) in [6.07, 6.45) is 0. The summed E-state index contributed by atoms with van der Waals surface area (Å²) in [5, 5.41) is 0. The van der Waals surface area contributed by atoms with Crippen molar-refractivity contribution in [1.82, 2.24) is 0 Å². The van der Waals surface area contributed by atoms with Crippen molar-refractivity contribution in [3.63, 3.8) is 0 Å². The van der Waals surface area contributed by atoms with Crippen LogP contribution in [-0.4, -0.2) is 15.5 Å². The van der Waals surface area contributed by atoms with Gasteiger partial charge in [-0.2, -0.15) is 0 Å². The number of nitrogen functional groups attached to an aromatic ring is 1. The number of para-hydroxylation sites is 2. The monoisotopic (exact) mass is 280 g/mol. The second-order valence-electron chi connectivity index (χ2n) is 3.99. The number of hydrogen-bond acceptors (Lipinski definition) is 3. The highest BCUT2D eigenvalue weighted by Crippen LogP contribution is 2.27. The molecule has 6 heteroatoms. The number of sulfonamides is 1. The molecular weight excluding hydrogens is 267 g/mol. The molecule has 2 rings (SSSR count). The largest absolute Gasteiger partial charge is 0.397 e. The van der Waals surface area contributed by atoms with E-state index >= 15 is 0 Å². The zero-order chi connectivity index (χ0) is 14.0. The Morgan fingerprint density at radius 2 is 1.79 bits per heavy atom. The minimum atomic E-state index is -3.82. The fraction of sp³-hybridized carbons (Fsp3) is 0.0769. The van der Waals surface area contributed by atoms with Crippen LogP contribution in [0.2, 0.25) is 0 Å². The Bertz CT molecular complexity index is 701. The van der Waals surface area contributed by atoms with Gasteiger partial charge in [-0.25, -0.2) is 12.8 Å².